The molecule has 15 heavy (non-hydrogen) atoms. The predicted molar refractivity (Wildman–Crippen MR) is 63.1 cm³/mol. The van der Waals surface area contributed by atoms with Crippen molar-refractivity contribution in [3.8, 4) is 11.1 Å². The molecule has 0 atom stereocenters. The summed E-state index contributed by atoms with van der Waals surface area (Å²) in [6.07, 6.45) is 4.57. The van der Waals surface area contributed by atoms with Crippen LogP contribution < -0.4 is 0 Å². The summed E-state index contributed by atoms with van der Waals surface area (Å²) < 4.78 is 1.04. The molecule has 0 radical (unpaired) electrons. The van der Waals surface area contributed by atoms with Gasteiger partial charge in [0, 0.05) is 22.4 Å². The van der Waals surface area contributed by atoms with E-state index in [0.29, 0.717) is 5.82 Å². The Kier molecular flexibility index (Phi) is 2.87. The molecular formula is C11H8BrN3. The van der Waals surface area contributed by atoms with Gasteiger partial charge in [0.05, 0.1) is 6.21 Å². The molecule has 1 aromatic heterocycles. The largest absolute Gasteiger partial charge is 0.305 e. The minimum atomic E-state index is 0.427. The summed E-state index contributed by atoms with van der Waals surface area (Å²) in [5.74, 6) is 0.427. The van der Waals surface area contributed by atoms with Crippen LogP contribution in [0, 0.1) is 5.41 Å². The fourth-order valence-corrected chi connectivity index (χ4v) is 1.47. The molecule has 0 fully saturated rings. The van der Waals surface area contributed by atoms with Gasteiger partial charge < -0.3 is 5.41 Å². The van der Waals surface area contributed by atoms with E-state index >= 15 is 0 Å². The highest BCUT2D eigenvalue weighted by atomic mass is 79.9. The lowest BCUT2D eigenvalue weighted by Crippen LogP contribution is -1.91. The smallest absolute Gasteiger partial charge is 0.169 e. The van der Waals surface area contributed by atoms with Gasteiger partial charge in [-0.15, -0.1) is 0 Å². The van der Waals surface area contributed by atoms with Crippen LogP contribution in [0.4, 0.5) is 0 Å². The zero-order chi connectivity index (χ0) is 10.7. The Morgan fingerprint density at radius 3 is 2.13 bits per heavy atom. The summed E-state index contributed by atoms with van der Waals surface area (Å²) in [7, 11) is 0. The second-order valence-electron chi connectivity index (χ2n) is 2.98. The van der Waals surface area contributed by atoms with E-state index in [0.717, 1.165) is 21.8 Å². The van der Waals surface area contributed by atoms with Crippen LogP contribution in [-0.4, -0.2) is 16.2 Å². The van der Waals surface area contributed by atoms with E-state index in [1.54, 1.807) is 12.4 Å². The van der Waals surface area contributed by atoms with Gasteiger partial charge in [-0.1, -0.05) is 28.1 Å². The monoisotopic (exact) mass is 261 g/mol. The number of benzene rings is 1. The van der Waals surface area contributed by atoms with Crippen LogP contribution in [0.15, 0.2) is 41.1 Å². The SMILES string of the molecule is N=Cc1ncc(-c2ccc(Br)cc2)cn1. The molecule has 0 amide bonds. The summed E-state index contributed by atoms with van der Waals surface area (Å²) in [6.45, 7) is 0. The third-order valence-corrected chi connectivity index (χ3v) is 2.51. The van der Waals surface area contributed by atoms with Crippen molar-refractivity contribution < 1.29 is 0 Å². The average molecular weight is 262 g/mol. The zero-order valence-corrected chi connectivity index (χ0v) is 9.40. The quantitative estimate of drug-likeness (QED) is 0.846. The molecule has 0 spiro atoms. The number of hydrogen-bond donors (Lipinski definition) is 1. The van der Waals surface area contributed by atoms with Crippen LogP contribution in [0.1, 0.15) is 5.82 Å². The lowest BCUT2D eigenvalue weighted by molar-refractivity contribution is 1.14. The Morgan fingerprint density at radius 2 is 1.60 bits per heavy atom. The summed E-state index contributed by atoms with van der Waals surface area (Å²) >= 11 is 3.38. The maximum Gasteiger partial charge on any atom is 0.169 e. The third-order valence-electron chi connectivity index (χ3n) is 1.98. The molecule has 2 aromatic rings. The van der Waals surface area contributed by atoms with Gasteiger partial charge in [0.25, 0.3) is 0 Å². The minimum absolute atomic E-state index is 0.427. The molecule has 2 rings (SSSR count). The van der Waals surface area contributed by atoms with Crippen molar-refractivity contribution in [1.82, 2.24) is 9.97 Å². The number of aromatic nitrogens is 2. The first-order chi connectivity index (χ1) is 7.29. The molecule has 4 heteroatoms. The van der Waals surface area contributed by atoms with Crippen LogP contribution in [-0.2, 0) is 0 Å². The van der Waals surface area contributed by atoms with Crippen molar-refractivity contribution in [3.63, 3.8) is 0 Å². The highest BCUT2D eigenvalue weighted by Crippen LogP contribution is 2.19. The first kappa shape index (κ1) is 9.98. The van der Waals surface area contributed by atoms with Crippen LogP contribution in [0.5, 0.6) is 0 Å². The summed E-state index contributed by atoms with van der Waals surface area (Å²) in [5, 5.41) is 6.99. The van der Waals surface area contributed by atoms with Gasteiger partial charge in [-0.3, -0.25) is 0 Å². The van der Waals surface area contributed by atoms with E-state index in [1.165, 1.54) is 0 Å². The molecule has 1 heterocycles. The van der Waals surface area contributed by atoms with Crippen molar-refractivity contribution in [1.29, 1.82) is 5.41 Å². The van der Waals surface area contributed by atoms with Crippen LogP contribution >= 0.6 is 15.9 Å². The molecular weight excluding hydrogens is 254 g/mol. The molecule has 1 aromatic carbocycles. The maximum absolute atomic E-state index is 6.99. The molecule has 1 N–H and O–H groups in total. The number of hydrogen-bond acceptors (Lipinski definition) is 3. The Balaban J connectivity index is 2.37. The topological polar surface area (TPSA) is 49.6 Å². The van der Waals surface area contributed by atoms with Gasteiger partial charge in [0.2, 0.25) is 0 Å². The average Bonchev–Trinajstić information content (AvgIpc) is 2.30. The molecule has 0 saturated heterocycles. The van der Waals surface area contributed by atoms with Crippen LogP contribution in [0.25, 0.3) is 11.1 Å². The number of nitrogens with zero attached hydrogens (tertiary/aromatic N) is 2. The van der Waals surface area contributed by atoms with Crippen LogP contribution in [0.2, 0.25) is 0 Å². The second-order valence-corrected chi connectivity index (χ2v) is 3.90. The van der Waals surface area contributed by atoms with E-state index in [4.69, 9.17) is 5.41 Å². The standard InChI is InChI=1S/C11H8BrN3/c12-10-3-1-8(2-4-10)9-6-14-11(5-13)15-7-9/h1-7,13H. The highest BCUT2D eigenvalue weighted by molar-refractivity contribution is 9.10. The lowest BCUT2D eigenvalue weighted by atomic mass is 10.1. The number of halogens is 1. The first-order valence-electron chi connectivity index (χ1n) is 4.38. The van der Waals surface area contributed by atoms with Crippen molar-refractivity contribution in [2.45, 2.75) is 0 Å². The molecule has 0 bridgehead atoms. The molecule has 0 aliphatic carbocycles. The van der Waals surface area contributed by atoms with Crippen molar-refractivity contribution in [2.75, 3.05) is 0 Å². The Labute approximate surface area is 95.8 Å². The van der Waals surface area contributed by atoms with Crippen molar-refractivity contribution in [2.24, 2.45) is 0 Å². The van der Waals surface area contributed by atoms with Gasteiger partial charge in [0.15, 0.2) is 5.82 Å². The lowest BCUT2D eigenvalue weighted by Gasteiger charge is -2.00. The molecule has 0 aliphatic heterocycles. The third kappa shape index (κ3) is 2.27. The Hall–Kier alpha value is -1.55. The minimum Gasteiger partial charge on any atom is -0.305 e. The van der Waals surface area contributed by atoms with Gasteiger partial charge >= 0.3 is 0 Å². The highest BCUT2D eigenvalue weighted by Gasteiger charge is 1.98. The zero-order valence-electron chi connectivity index (χ0n) is 7.81. The number of nitrogens with one attached hydrogen (secondary N) is 1. The fourth-order valence-electron chi connectivity index (χ4n) is 1.20. The van der Waals surface area contributed by atoms with E-state index < -0.39 is 0 Å². The maximum atomic E-state index is 6.99. The van der Waals surface area contributed by atoms with E-state index in [9.17, 15) is 0 Å². The van der Waals surface area contributed by atoms with Crippen LogP contribution in [0.3, 0.4) is 0 Å². The van der Waals surface area contributed by atoms with E-state index in [-0.39, 0.29) is 0 Å². The molecule has 0 unspecified atom stereocenters. The van der Waals surface area contributed by atoms with Gasteiger partial charge in [-0.2, -0.15) is 0 Å². The first-order valence-corrected chi connectivity index (χ1v) is 5.17. The predicted octanol–water partition coefficient (Wildman–Crippen LogP) is 2.90. The van der Waals surface area contributed by atoms with Gasteiger partial charge in [0.1, 0.15) is 0 Å². The normalized spacial score (nSPS) is 9.93. The fraction of sp³-hybridized carbons (Fsp3) is 0. The van der Waals surface area contributed by atoms with Crippen molar-refractivity contribution >= 4 is 22.1 Å². The number of rotatable bonds is 2. The van der Waals surface area contributed by atoms with Gasteiger partial charge in [-0.25, -0.2) is 9.97 Å². The molecule has 0 aliphatic rings. The van der Waals surface area contributed by atoms with Gasteiger partial charge in [-0.05, 0) is 17.7 Å². The van der Waals surface area contributed by atoms with E-state index in [2.05, 4.69) is 25.9 Å². The molecule has 74 valence electrons. The summed E-state index contributed by atoms with van der Waals surface area (Å²) in [5.41, 5.74) is 2.02. The van der Waals surface area contributed by atoms with Crippen molar-refractivity contribution in [3.05, 3.63) is 47.0 Å². The molecule has 3 nitrogen and oxygen atoms in total. The summed E-state index contributed by atoms with van der Waals surface area (Å²) in [4.78, 5) is 8.06. The van der Waals surface area contributed by atoms with E-state index in [1.807, 2.05) is 24.3 Å². The molecule has 0 saturated carbocycles. The Bertz CT molecular complexity index is 462. The second kappa shape index (κ2) is 4.31. The Morgan fingerprint density at radius 1 is 1.00 bits per heavy atom. The summed E-state index contributed by atoms with van der Waals surface area (Å²) in [6, 6.07) is 7.93.